The second kappa shape index (κ2) is 24.8. The Balaban J connectivity index is 1.17. The second-order valence-corrected chi connectivity index (χ2v) is 19.9. The zero-order chi connectivity index (χ0) is 48.6. The maximum absolute atomic E-state index is 13.8. The fourth-order valence-electron chi connectivity index (χ4n) is 7.76. The predicted molar refractivity (Wildman–Crippen MR) is 268 cm³/mol. The van der Waals surface area contributed by atoms with Crippen molar-refractivity contribution in [2.75, 3.05) is 68.1 Å². The summed E-state index contributed by atoms with van der Waals surface area (Å²) >= 11 is 7.76. The van der Waals surface area contributed by atoms with Crippen molar-refractivity contribution in [1.82, 2.24) is 20.0 Å². The number of amides is 3. The summed E-state index contributed by atoms with van der Waals surface area (Å²) in [4.78, 5) is 57.3. The van der Waals surface area contributed by atoms with Crippen molar-refractivity contribution in [3.05, 3.63) is 142 Å². The molecule has 0 aromatic heterocycles. The first-order valence-electron chi connectivity index (χ1n) is 22.3. The van der Waals surface area contributed by atoms with Gasteiger partial charge in [0.2, 0.25) is 11.8 Å². The highest BCUT2D eigenvalue weighted by atomic mass is 35.5. The van der Waals surface area contributed by atoms with Crippen LogP contribution >= 0.6 is 23.4 Å². The van der Waals surface area contributed by atoms with E-state index in [1.54, 1.807) is 23.3 Å². The van der Waals surface area contributed by atoms with Crippen LogP contribution < -0.4 is 25.7 Å². The van der Waals surface area contributed by atoms with E-state index >= 15 is 0 Å². The van der Waals surface area contributed by atoms with E-state index in [0.717, 1.165) is 22.1 Å². The number of nitrogens with one attached hydrogen (secondary N) is 4. The summed E-state index contributed by atoms with van der Waals surface area (Å²) in [6, 6.07) is 33.6. The van der Waals surface area contributed by atoms with Crippen LogP contribution in [0.15, 0.2) is 125 Å². The Labute approximate surface area is 406 Å². The van der Waals surface area contributed by atoms with Crippen LogP contribution in [0.2, 0.25) is 5.02 Å². The van der Waals surface area contributed by atoms with E-state index in [0.29, 0.717) is 87.1 Å². The van der Waals surface area contributed by atoms with Crippen molar-refractivity contribution in [1.29, 1.82) is 0 Å². The maximum Gasteiger partial charge on any atom is 0.293 e. The van der Waals surface area contributed by atoms with Crippen LogP contribution in [0.4, 0.5) is 22.7 Å². The number of rotatable bonds is 23. The molecular weight excluding hydrogens is 928 g/mol. The molecular formula is C49H57ClN8O8S2. The van der Waals surface area contributed by atoms with Gasteiger partial charge < -0.3 is 20.4 Å². The standard InChI is InChI=1S/C49H57ClN8O8S2/c1-55(2)26-25-39(34-67-40-12-5-3-6-13-40)51-43-23-22-41(32-46(43)58(63)64)68(65,66)54-49(61)36-19-24-45(44(31-36)52-47(59)15-7-4-8-16-48(60)53-62)57-29-27-56(28-30-57)33-37-11-9-10-14-42(37)35-17-20-38(50)21-18-35/h3,5-6,9-14,17-24,31-32,39,51,62H,4,7-8,15-16,25-30,33-34H2,1-2H3,(H,52,59)(H,53,60)(H,54,61). The monoisotopic (exact) mass is 984 g/mol. The van der Waals surface area contributed by atoms with Crippen LogP contribution in [0.1, 0.15) is 54.4 Å². The third-order valence-corrected chi connectivity index (χ3v) is 14.2. The molecule has 5 aromatic rings. The molecule has 16 nitrogen and oxygen atoms in total. The molecule has 0 spiro atoms. The lowest BCUT2D eigenvalue weighted by atomic mass is 9.99. The van der Waals surface area contributed by atoms with E-state index in [9.17, 15) is 32.9 Å². The van der Waals surface area contributed by atoms with E-state index in [1.807, 2.05) is 85.7 Å². The number of nitro groups is 1. The van der Waals surface area contributed by atoms with Crippen molar-refractivity contribution in [3.63, 3.8) is 0 Å². The Morgan fingerprint density at radius 1 is 0.838 bits per heavy atom. The van der Waals surface area contributed by atoms with Crippen LogP contribution in [0.5, 0.6) is 0 Å². The lowest BCUT2D eigenvalue weighted by Gasteiger charge is -2.37. The Morgan fingerprint density at radius 2 is 1.53 bits per heavy atom. The van der Waals surface area contributed by atoms with Gasteiger partial charge in [0.25, 0.3) is 21.6 Å². The zero-order valence-corrected chi connectivity index (χ0v) is 40.4. The largest absolute Gasteiger partial charge is 0.376 e. The number of unbranched alkanes of at least 4 members (excludes halogenated alkanes) is 2. The molecule has 0 bridgehead atoms. The quantitative estimate of drug-likeness (QED) is 0.0138. The van der Waals surface area contributed by atoms with Gasteiger partial charge in [-0.2, -0.15) is 0 Å². The third-order valence-electron chi connectivity index (χ3n) is 11.4. The number of hydrogen-bond acceptors (Lipinski definition) is 13. The van der Waals surface area contributed by atoms with E-state index in [1.165, 1.54) is 29.8 Å². The summed E-state index contributed by atoms with van der Waals surface area (Å²) in [7, 11) is -0.745. The minimum Gasteiger partial charge on any atom is -0.376 e. The third kappa shape index (κ3) is 15.0. The second-order valence-electron chi connectivity index (χ2n) is 16.7. The predicted octanol–water partition coefficient (Wildman–Crippen LogP) is 8.28. The van der Waals surface area contributed by atoms with Crippen molar-refractivity contribution >= 4 is 73.9 Å². The molecule has 1 fully saturated rings. The van der Waals surface area contributed by atoms with Gasteiger partial charge in [0.1, 0.15) is 5.69 Å². The van der Waals surface area contributed by atoms with Gasteiger partial charge in [-0.05, 0) is 111 Å². The van der Waals surface area contributed by atoms with Gasteiger partial charge in [-0.1, -0.05) is 72.6 Å². The molecule has 6 rings (SSSR count). The number of hydrogen-bond donors (Lipinski definition) is 5. The number of carbonyl (C=O) groups is 3. The van der Waals surface area contributed by atoms with Gasteiger partial charge in [0.15, 0.2) is 0 Å². The summed E-state index contributed by atoms with van der Waals surface area (Å²) in [5.74, 6) is -1.26. The molecule has 3 amide bonds. The molecule has 1 unspecified atom stereocenters. The molecule has 1 aliphatic rings. The number of halogens is 1. The van der Waals surface area contributed by atoms with E-state index in [-0.39, 0.29) is 36.0 Å². The molecule has 0 aliphatic carbocycles. The Kier molecular flexibility index (Phi) is 18.8. The SMILES string of the molecule is CN(C)CCC(CSc1ccccc1)Nc1ccc(S(=O)(=O)NC(=O)c2ccc(N3CCN(Cc4ccccc4-c4ccc(Cl)cc4)CC3)c(NC(=O)CCCCCC(=O)NO)c2)cc1[N+](=O)[O-]. The fraction of sp³-hybridized carbons (Fsp3) is 0.327. The number of thioether (sulfide) groups is 1. The fourth-order valence-corrected chi connectivity index (χ4v) is 9.88. The molecule has 68 heavy (non-hydrogen) atoms. The van der Waals surface area contributed by atoms with Crippen LogP contribution in [-0.4, -0.2) is 105 Å². The average molecular weight is 986 g/mol. The topological polar surface area (TPSA) is 207 Å². The number of hydroxylamine groups is 1. The first-order chi connectivity index (χ1) is 32.7. The number of nitro benzene ring substituents is 1. The molecule has 1 saturated heterocycles. The number of anilines is 3. The molecule has 360 valence electrons. The van der Waals surface area contributed by atoms with Gasteiger partial charge in [-0.3, -0.25) is 34.6 Å². The van der Waals surface area contributed by atoms with E-state index in [4.69, 9.17) is 16.8 Å². The minimum absolute atomic E-state index is 0.0625. The van der Waals surface area contributed by atoms with Crippen LogP contribution in [-0.2, 0) is 26.2 Å². The first kappa shape index (κ1) is 51.4. The summed E-state index contributed by atoms with van der Waals surface area (Å²) in [5.41, 5.74) is 5.52. The zero-order valence-electron chi connectivity index (χ0n) is 38.0. The van der Waals surface area contributed by atoms with Gasteiger partial charge >= 0.3 is 0 Å². The Hall–Kier alpha value is -6.02. The van der Waals surface area contributed by atoms with Crippen molar-refractivity contribution in [2.45, 2.75) is 60.9 Å². The average Bonchev–Trinajstić information content (AvgIpc) is 3.33. The Bertz CT molecular complexity index is 2630. The van der Waals surface area contributed by atoms with Gasteiger partial charge in [0, 0.05) is 78.9 Å². The number of carbonyl (C=O) groups excluding carboxylic acids is 3. The van der Waals surface area contributed by atoms with E-state index in [2.05, 4.69) is 37.3 Å². The molecule has 1 heterocycles. The van der Waals surface area contributed by atoms with Crippen molar-refractivity contribution < 1.29 is 32.9 Å². The number of nitrogens with zero attached hydrogens (tertiary/aromatic N) is 4. The normalized spacial score (nSPS) is 13.5. The Morgan fingerprint density at radius 3 is 2.22 bits per heavy atom. The van der Waals surface area contributed by atoms with Crippen molar-refractivity contribution in [2.24, 2.45) is 0 Å². The van der Waals surface area contributed by atoms with Crippen LogP contribution in [0.3, 0.4) is 0 Å². The summed E-state index contributed by atoms with van der Waals surface area (Å²) in [6.45, 7) is 3.96. The molecule has 0 saturated carbocycles. The van der Waals surface area contributed by atoms with Crippen molar-refractivity contribution in [3.8, 4) is 11.1 Å². The van der Waals surface area contributed by atoms with E-state index < -0.39 is 37.3 Å². The molecule has 1 aliphatic heterocycles. The minimum atomic E-state index is -4.62. The van der Waals surface area contributed by atoms with Gasteiger partial charge in [0.05, 0.1) is 21.2 Å². The molecule has 0 radical (unpaired) electrons. The van der Waals surface area contributed by atoms with Crippen LogP contribution in [0.25, 0.3) is 11.1 Å². The van der Waals surface area contributed by atoms with Gasteiger partial charge in [-0.15, -0.1) is 11.8 Å². The first-order valence-corrected chi connectivity index (χ1v) is 25.2. The van der Waals surface area contributed by atoms with Crippen LogP contribution in [0, 0.1) is 10.1 Å². The maximum atomic E-state index is 13.8. The highest BCUT2D eigenvalue weighted by Crippen LogP contribution is 2.33. The summed E-state index contributed by atoms with van der Waals surface area (Å²) in [6.07, 6.45) is 2.36. The molecule has 19 heteroatoms. The number of benzene rings is 5. The highest BCUT2D eigenvalue weighted by molar-refractivity contribution is 7.99. The summed E-state index contributed by atoms with van der Waals surface area (Å²) in [5, 5.41) is 28.0. The molecule has 5 N–H and O–H groups in total. The highest BCUT2D eigenvalue weighted by Gasteiger charge is 2.27. The lowest BCUT2D eigenvalue weighted by molar-refractivity contribution is -0.384. The number of piperazine rings is 1. The smallest absolute Gasteiger partial charge is 0.293 e. The molecule has 5 aromatic carbocycles. The van der Waals surface area contributed by atoms with Gasteiger partial charge in [-0.25, -0.2) is 18.6 Å². The lowest BCUT2D eigenvalue weighted by Crippen LogP contribution is -2.46. The number of sulfonamides is 1. The molecule has 1 atom stereocenters. The summed E-state index contributed by atoms with van der Waals surface area (Å²) < 4.78 is 29.5.